The van der Waals surface area contributed by atoms with E-state index >= 15 is 0 Å². The first-order valence-electron chi connectivity index (χ1n) is 9.16. The van der Waals surface area contributed by atoms with Crippen molar-refractivity contribution in [3.05, 3.63) is 54.1 Å². The Hall–Kier alpha value is -2.71. The number of hydrogen-bond donors (Lipinski definition) is 2. The van der Waals surface area contributed by atoms with Crippen molar-refractivity contribution < 1.29 is 9.32 Å². The van der Waals surface area contributed by atoms with Gasteiger partial charge in [0, 0.05) is 18.3 Å². The summed E-state index contributed by atoms with van der Waals surface area (Å²) in [6.07, 6.45) is 4.04. The predicted octanol–water partition coefficient (Wildman–Crippen LogP) is 2.77. The molecule has 1 fully saturated rings. The van der Waals surface area contributed by atoms with Gasteiger partial charge in [0.1, 0.15) is 5.69 Å². The van der Waals surface area contributed by atoms with Crippen molar-refractivity contribution in [2.75, 3.05) is 13.1 Å². The first-order valence-corrected chi connectivity index (χ1v) is 9.16. The second-order valence-corrected chi connectivity index (χ2v) is 6.70. The molecular formula is C19H23ClN6O2. The van der Waals surface area contributed by atoms with Crippen LogP contribution in [-0.2, 0) is 0 Å². The summed E-state index contributed by atoms with van der Waals surface area (Å²) in [5.74, 6) is 0.606. The number of nitrogens with zero attached hydrogens (tertiary/aromatic N) is 4. The molecule has 0 aliphatic carbocycles. The fourth-order valence-corrected chi connectivity index (χ4v) is 3.17. The van der Waals surface area contributed by atoms with Crippen molar-refractivity contribution in [1.82, 2.24) is 30.6 Å². The van der Waals surface area contributed by atoms with Gasteiger partial charge < -0.3 is 15.2 Å². The molecule has 28 heavy (non-hydrogen) atoms. The Labute approximate surface area is 169 Å². The van der Waals surface area contributed by atoms with Crippen LogP contribution < -0.4 is 10.6 Å². The second-order valence-electron chi connectivity index (χ2n) is 6.70. The fourth-order valence-electron chi connectivity index (χ4n) is 3.17. The summed E-state index contributed by atoms with van der Waals surface area (Å²) in [6.45, 7) is 3.74. The molecule has 2 unspecified atom stereocenters. The third-order valence-electron chi connectivity index (χ3n) is 4.68. The van der Waals surface area contributed by atoms with Gasteiger partial charge in [-0.2, -0.15) is 10.1 Å². The molecule has 2 N–H and O–H groups in total. The Morgan fingerprint density at radius 2 is 2.14 bits per heavy atom. The van der Waals surface area contributed by atoms with E-state index in [4.69, 9.17) is 4.52 Å². The van der Waals surface area contributed by atoms with Crippen molar-refractivity contribution in [3.63, 3.8) is 0 Å². The number of carbonyl (C=O) groups is 1. The van der Waals surface area contributed by atoms with Gasteiger partial charge in [0.15, 0.2) is 5.82 Å². The monoisotopic (exact) mass is 402 g/mol. The number of aromatic nitrogens is 4. The van der Waals surface area contributed by atoms with Gasteiger partial charge in [-0.15, -0.1) is 12.4 Å². The molecule has 1 aliphatic heterocycles. The number of nitrogens with one attached hydrogen (secondary N) is 2. The number of carbonyl (C=O) groups excluding carboxylic acids is 1. The van der Waals surface area contributed by atoms with E-state index in [0.717, 1.165) is 31.5 Å². The van der Waals surface area contributed by atoms with Gasteiger partial charge in [-0.1, -0.05) is 23.4 Å². The van der Waals surface area contributed by atoms with Gasteiger partial charge in [0.2, 0.25) is 0 Å². The lowest BCUT2D eigenvalue weighted by molar-refractivity contribution is 0.0931. The highest BCUT2D eigenvalue weighted by Gasteiger charge is 2.21. The van der Waals surface area contributed by atoms with Crippen LogP contribution >= 0.6 is 12.4 Å². The first kappa shape index (κ1) is 20.0. The van der Waals surface area contributed by atoms with E-state index < -0.39 is 0 Å². The van der Waals surface area contributed by atoms with E-state index in [9.17, 15) is 4.79 Å². The first-order chi connectivity index (χ1) is 13.2. The van der Waals surface area contributed by atoms with Crippen LogP contribution in [0.2, 0.25) is 0 Å². The minimum Gasteiger partial charge on any atom is -0.341 e. The molecule has 0 radical (unpaired) electrons. The molecule has 148 valence electrons. The number of benzene rings is 1. The summed E-state index contributed by atoms with van der Waals surface area (Å²) in [6, 6.07) is 11.2. The third kappa shape index (κ3) is 4.40. The standard InChI is InChI=1S/C19H22N6O2.ClH/c1-13(17-22-19(27-24-17)14-6-3-2-4-7-14)21-18(26)16-9-11-25(23-16)15-8-5-10-20-12-15;/h2-4,6-7,9,11,13,15,20H,5,8,10,12H2,1H3,(H,21,26);1H. The zero-order valence-corrected chi connectivity index (χ0v) is 16.4. The topological polar surface area (TPSA) is 97.9 Å². The summed E-state index contributed by atoms with van der Waals surface area (Å²) in [5.41, 5.74) is 1.23. The van der Waals surface area contributed by atoms with Gasteiger partial charge in [-0.25, -0.2) is 0 Å². The lowest BCUT2D eigenvalue weighted by atomic mass is 10.1. The van der Waals surface area contributed by atoms with E-state index in [1.165, 1.54) is 0 Å². The number of halogens is 1. The van der Waals surface area contributed by atoms with Crippen molar-refractivity contribution in [3.8, 4) is 11.5 Å². The zero-order chi connectivity index (χ0) is 18.6. The van der Waals surface area contributed by atoms with Crippen LogP contribution in [-0.4, -0.2) is 38.9 Å². The predicted molar refractivity (Wildman–Crippen MR) is 106 cm³/mol. The van der Waals surface area contributed by atoms with Crippen LogP contribution in [0.4, 0.5) is 0 Å². The third-order valence-corrected chi connectivity index (χ3v) is 4.68. The minimum atomic E-state index is -0.389. The SMILES string of the molecule is CC(NC(=O)c1ccn(C2CCCNC2)n1)c1noc(-c2ccccc2)n1.Cl. The van der Waals surface area contributed by atoms with Crippen LogP contribution in [0.15, 0.2) is 47.1 Å². The summed E-state index contributed by atoms with van der Waals surface area (Å²) >= 11 is 0. The molecule has 0 saturated carbocycles. The van der Waals surface area contributed by atoms with E-state index in [1.807, 2.05) is 48.1 Å². The Morgan fingerprint density at radius 3 is 2.89 bits per heavy atom. The largest absolute Gasteiger partial charge is 0.341 e. The minimum absolute atomic E-state index is 0. The lowest BCUT2D eigenvalue weighted by Gasteiger charge is -2.22. The molecule has 1 saturated heterocycles. The highest BCUT2D eigenvalue weighted by Crippen LogP contribution is 2.19. The van der Waals surface area contributed by atoms with E-state index in [1.54, 1.807) is 6.07 Å². The molecule has 1 aliphatic rings. The van der Waals surface area contributed by atoms with Gasteiger partial charge in [-0.3, -0.25) is 9.48 Å². The second kappa shape index (κ2) is 8.99. The number of rotatable bonds is 5. The number of piperidine rings is 1. The molecule has 2 aromatic heterocycles. The van der Waals surface area contributed by atoms with Gasteiger partial charge >= 0.3 is 0 Å². The molecule has 1 aromatic carbocycles. The highest BCUT2D eigenvalue weighted by atomic mass is 35.5. The number of hydrogen-bond acceptors (Lipinski definition) is 6. The summed E-state index contributed by atoms with van der Waals surface area (Å²) in [7, 11) is 0. The molecule has 0 bridgehead atoms. The van der Waals surface area contributed by atoms with E-state index in [2.05, 4.69) is 25.9 Å². The van der Waals surface area contributed by atoms with E-state index in [-0.39, 0.29) is 24.4 Å². The van der Waals surface area contributed by atoms with Crippen LogP contribution in [0, 0.1) is 0 Å². The Balaban J connectivity index is 0.00000225. The van der Waals surface area contributed by atoms with Gasteiger partial charge in [-0.05, 0) is 44.5 Å². The summed E-state index contributed by atoms with van der Waals surface area (Å²) in [4.78, 5) is 16.9. The molecule has 4 rings (SSSR count). The molecule has 3 aromatic rings. The molecule has 8 nitrogen and oxygen atoms in total. The molecular weight excluding hydrogens is 380 g/mol. The Morgan fingerprint density at radius 1 is 1.32 bits per heavy atom. The maximum atomic E-state index is 12.5. The van der Waals surface area contributed by atoms with Crippen LogP contribution in [0.5, 0.6) is 0 Å². The maximum absolute atomic E-state index is 12.5. The quantitative estimate of drug-likeness (QED) is 0.681. The molecule has 9 heteroatoms. The average Bonchev–Trinajstić information content (AvgIpc) is 3.39. The van der Waals surface area contributed by atoms with E-state index in [0.29, 0.717) is 23.5 Å². The lowest BCUT2D eigenvalue weighted by Crippen LogP contribution is -2.32. The summed E-state index contributed by atoms with van der Waals surface area (Å²) in [5, 5.41) is 14.6. The molecule has 3 heterocycles. The molecule has 2 atom stereocenters. The normalized spacial score (nSPS) is 17.5. The smallest absolute Gasteiger partial charge is 0.272 e. The zero-order valence-electron chi connectivity index (χ0n) is 15.5. The molecule has 1 amide bonds. The van der Waals surface area contributed by atoms with Gasteiger partial charge in [0.05, 0.1) is 12.1 Å². The van der Waals surface area contributed by atoms with Crippen LogP contribution in [0.1, 0.15) is 48.2 Å². The Bertz CT molecular complexity index is 904. The van der Waals surface area contributed by atoms with Crippen molar-refractivity contribution in [2.45, 2.75) is 31.8 Å². The maximum Gasteiger partial charge on any atom is 0.272 e. The fraction of sp³-hybridized carbons (Fsp3) is 0.368. The van der Waals surface area contributed by atoms with Crippen LogP contribution in [0.3, 0.4) is 0 Å². The van der Waals surface area contributed by atoms with Gasteiger partial charge in [0.25, 0.3) is 11.8 Å². The highest BCUT2D eigenvalue weighted by molar-refractivity contribution is 5.92. The molecule has 0 spiro atoms. The summed E-state index contributed by atoms with van der Waals surface area (Å²) < 4.78 is 7.17. The average molecular weight is 403 g/mol. The Kier molecular flexibility index (Phi) is 6.43. The van der Waals surface area contributed by atoms with Crippen LogP contribution in [0.25, 0.3) is 11.5 Å². The van der Waals surface area contributed by atoms with Crippen molar-refractivity contribution in [1.29, 1.82) is 0 Å². The number of amides is 1. The van der Waals surface area contributed by atoms with Crippen molar-refractivity contribution >= 4 is 18.3 Å². The van der Waals surface area contributed by atoms with Crippen molar-refractivity contribution in [2.24, 2.45) is 0 Å².